The Morgan fingerprint density at radius 1 is 1.24 bits per heavy atom. The summed E-state index contributed by atoms with van der Waals surface area (Å²) < 4.78 is 24.0. The lowest BCUT2D eigenvalue weighted by Crippen LogP contribution is -2.37. The number of ether oxygens (including phenoxy) is 2. The molecule has 2 amide bonds. The van der Waals surface area contributed by atoms with Gasteiger partial charge in [-0.15, -0.1) is 0 Å². The van der Waals surface area contributed by atoms with Gasteiger partial charge in [0, 0.05) is 29.9 Å². The fraction of sp³-hybridized carbons (Fsp3) is 0.320. The summed E-state index contributed by atoms with van der Waals surface area (Å²) in [6.45, 7) is 5.62. The Bertz CT molecular complexity index is 1100. The molecule has 0 radical (unpaired) electrons. The molecule has 0 unspecified atom stereocenters. The molecular formula is C25H26FN3O4. The number of carbonyl (C=O) groups excluding carboxylic acids is 2. The van der Waals surface area contributed by atoms with Gasteiger partial charge in [0.25, 0.3) is 5.91 Å². The number of nitrogens with one attached hydrogen (secondary N) is 1. The first-order valence-electron chi connectivity index (χ1n) is 10.5. The average molecular weight is 451 g/mol. The van der Waals surface area contributed by atoms with Crippen LogP contribution in [0, 0.1) is 11.3 Å². The van der Waals surface area contributed by atoms with Crippen molar-refractivity contribution in [2.24, 2.45) is 0 Å². The first kappa shape index (κ1) is 23.8. The van der Waals surface area contributed by atoms with Gasteiger partial charge in [-0.3, -0.25) is 4.79 Å². The highest BCUT2D eigenvalue weighted by Crippen LogP contribution is 2.27. The van der Waals surface area contributed by atoms with Gasteiger partial charge in [-0.2, -0.15) is 5.26 Å². The van der Waals surface area contributed by atoms with Crippen molar-refractivity contribution in [2.45, 2.75) is 32.8 Å². The third kappa shape index (κ3) is 6.32. The molecular weight excluding hydrogens is 425 g/mol. The van der Waals surface area contributed by atoms with Crippen LogP contribution in [0.5, 0.6) is 5.75 Å². The molecule has 2 aromatic carbocycles. The van der Waals surface area contributed by atoms with Gasteiger partial charge < -0.3 is 19.7 Å². The zero-order valence-electron chi connectivity index (χ0n) is 18.9. The van der Waals surface area contributed by atoms with Gasteiger partial charge in [0.05, 0.1) is 18.0 Å². The Morgan fingerprint density at radius 2 is 1.97 bits per heavy atom. The number of halogens is 1. The number of amides is 2. The zero-order valence-corrected chi connectivity index (χ0v) is 18.9. The molecule has 8 heteroatoms. The van der Waals surface area contributed by atoms with Crippen LogP contribution in [0.2, 0.25) is 0 Å². The lowest BCUT2D eigenvalue weighted by atomic mass is 9.98. The highest BCUT2D eigenvalue weighted by molar-refractivity contribution is 6.08. The molecule has 1 aliphatic heterocycles. The molecule has 0 aromatic heterocycles. The van der Waals surface area contributed by atoms with Crippen molar-refractivity contribution < 1.29 is 23.5 Å². The number of nitriles is 1. The standard InChI is InChI=1S/C25H26FN3O4/c1-25(2,3)33-24(31)28-15-18(13-26)16-32-21-8-9-22-19(12-21)10-11-29(23(22)30)20-6-4-17(14-27)5-7-20/h4-9,12-13H,10-11,15-16H2,1-3H3,(H,28,31)/b18-13+. The number of carbonyl (C=O) groups is 2. The monoisotopic (exact) mass is 451 g/mol. The summed E-state index contributed by atoms with van der Waals surface area (Å²) in [5.41, 5.74) is 2.29. The first-order valence-corrected chi connectivity index (χ1v) is 10.5. The number of benzene rings is 2. The molecule has 1 aliphatic rings. The number of hydrogen-bond donors (Lipinski definition) is 1. The van der Waals surface area contributed by atoms with Crippen LogP contribution in [0.4, 0.5) is 14.9 Å². The van der Waals surface area contributed by atoms with Gasteiger partial charge in [-0.1, -0.05) is 0 Å². The molecule has 172 valence electrons. The van der Waals surface area contributed by atoms with E-state index in [1.54, 1.807) is 68.1 Å². The second kappa shape index (κ2) is 10.2. The maximum Gasteiger partial charge on any atom is 0.407 e. The molecule has 0 fully saturated rings. The van der Waals surface area contributed by atoms with Gasteiger partial charge in [0.1, 0.15) is 18.0 Å². The fourth-order valence-corrected chi connectivity index (χ4v) is 3.31. The minimum absolute atomic E-state index is 0.0472. The van der Waals surface area contributed by atoms with Crippen molar-refractivity contribution >= 4 is 17.7 Å². The molecule has 1 N–H and O–H groups in total. The molecule has 2 aromatic rings. The number of anilines is 1. The Kier molecular flexibility index (Phi) is 7.34. The molecule has 0 saturated heterocycles. The predicted molar refractivity (Wildman–Crippen MR) is 122 cm³/mol. The van der Waals surface area contributed by atoms with Crippen LogP contribution >= 0.6 is 0 Å². The molecule has 33 heavy (non-hydrogen) atoms. The van der Waals surface area contributed by atoms with Gasteiger partial charge in [-0.25, -0.2) is 9.18 Å². The molecule has 0 aliphatic carbocycles. The highest BCUT2D eigenvalue weighted by Gasteiger charge is 2.26. The molecule has 0 spiro atoms. The van der Waals surface area contributed by atoms with Crippen LogP contribution in [-0.4, -0.2) is 37.3 Å². The second-order valence-corrected chi connectivity index (χ2v) is 8.60. The summed E-state index contributed by atoms with van der Waals surface area (Å²) in [5.74, 6) is 0.378. The molecule has 1 heterocycles. The Labute approximate surface area is 192 Å². The minimum atomic E-state index is -0.642. The number of alkyl carbamates (subject to hydrolysis) is 1. The third-order valence-corrected chi connectivity index (χ3v) is 4.90. The smallest absolute Gasteiger partial charge is 0.407 e. The predicted octanol–water partition coefficient (Wildman–Crippen LogP) is 4.52. The van der Waals surface area contributed by atoms with Gasteiger partial charge in [0.15, 0.2) is 0 Å². The number of nitrogens with zero attached hydrogens (tertiary/aromatic N) is 2. The first-order chi connectivity index (χ1) is 15.7. The van der Waals surface area contributed by atoms with E-state index in [-0.39, 0.29) is 24.6 Å². The van der Waals surface area contributed by atoms with E-state index in [0.717, 1.165) is 11.3 Å². The van der Waals surface area contributed by atoms with Crippen molar-refractivity contribution in [1.29, 1.82) is 5.26 Å². The van der Waals surface area contributed by atoms with E-state index >= 15 is 0 Å². The Hall–Kier alpha value is -3.86. The van der Waals surface area contributed by atoms with Gasteiger partial charge >= 0.3 is 6.09 Å². The second-order valence-electron chi connectivity index (χ2n) is 8.60. The van der Waals surface area contributed by atoms with E-state index in [1.807, 2.05) is 0 Å². The van der Waals surface area contributed by atoms with Gasteiger partial charge in [-0.05, 0) is 75.2 Å². The quantitative estimate of drug-likeness (QED) is 0.697. The summed E-state index contributed by atoms with van der Waals surface area (Å²) in [6.07, 6.45) is 0.389. The van der Waals surface area contributed by atoms with E-state index < -0.39 is 11.7 Å². The van der Waals surface area contributed by atoms with Crippen molar-refractivity contribution in [3.8, 4) is 11.8 Å². The molecule has 3 rings (SSSR count). The Balaban J connectivity index is 1.60. The maximum absolute atomic E-state index is 13.2. The molecule has 0 bridgehead atoms. The van der Waals surface area contributed by atoms with Crippen LogP contribution in [0.3, 0.4) is 0 Å². The lowest BCUT2D eigenvalue weighted by molar-refractivity contribution is 0.0531. The normalized spacial score (nSPS) is 13.7. The maximum atomic E-state index is 13.2. The van der Waals surface area contributed by atoms with Crippen LogP contribution < -0.4 is 15.0 Å². The van der Waals surface area contributed by atoms with E-state index in [0.29, 0.717) is 36.2 Å². The van der Waals surface area contributed by atoms with Crippen LogP contribution in [0.1, 0.15) is 42.3 Å². The summed E-state index contributed by atoms with van der Waals surface area (Å²) in [7, 11) is 0. The van der Waals surface area contributed by atoms with Crippen LogP contribution in [-0.2, 0) is 11.2 Å². The number of rotatable bonds is 6. The van der Waals surface area contributed by atoms with Crippen LogP contribution in [0.25, 0.3) is 0 Å². The number of fused-ring (bicyclic) bond motifs is 1. The third-order valence-electron chi connectivity index (χ3n) is 4.90. The van der Waals surface area contributed by atoms with E-state index in [4.69, 9.17) is 14.7 Å². The molecule has 7 nitrogen and oxygen atoms in total. The summed E-state index contributed by atoms with van der Waals surface area (Å²) in [4.78, 5) is 26.4. The Morgan fingerprint density at radius 3 is 2.61 bits per heavy atom. The SMILES string of the molecule is CC(C)(C)OC(=O)NC/C(=C\F)COc1ccc2c(c1)CCN(c1ccc(C#N)cc1)C2=O. The highest BCUT2D eigenvalue weighted by atomic mass is 19.1. The van der Waals surface area contributed by atoms with Crippen molar-refractivity contribution in [1.82, 2.24) is 5.32 Å². The molecule has 0 saturated carbocycles. The van der Waals surface area contributed by atoms with Crippen molar-refractivity contribution in [2.75, 3.05) is 24.6 Å². The van der Waals surface area contributed by atoms with Crippen molar-refractivity contribution in [3.05, 3.63) is 71.1 Å². The van der Waals surface area contributed by atoms with E-state index in [2.05, 4.69) is 11.4 Å². The van der Waals surface area contributed by atoms with Crippen LogP contribution in [0.15, 0.2) is 54.4 Å². The van der Waals surface area contributed by atoms with Crippen molar-refractivity contribution in [3.63, 3.8) is 0 Å². The minimum Gasteiger partial charge on any atom is -0.489 e. The fourth-order valence-electron chi connectivity index (χ4n) is 3.31. The zero-order chi connectivity index (χ0) is 24.0. The summed E-state index contributed by atoms with van der Waals surface area (Å²) >= 11 is 0. The molecule has 0 atom stereocenters. The topological polar surface area (TPSA) is 91.7 Å². The summed E-state index contributed by atoms with van der Waals surface area (Å²) in [6, 6.07) is 14.1. The number of hydrogen-bond acceptors (Lipinski definition) is 5. The van der Waals surface area contributed by atoms with E-state index in [1.165, 1.54) is 0 Å². The average Bonchev–Trinajstić information content (AvgIpc) is 2.78. The summed E-state index contributed by atoms with van der Waals surface area (Å²) in [5, 5.41) is 11.4. The largest absolute Gasteiger partial charge is 0.489 e. The van der Waals surface area contributed by atoms with Gasteiger partial charge in [0.2, 0.25) is 0 Å². The van der Waals surface area contributed by atoms with E-state index in [9.17, 15) is 14.0 Å². The lowest BCUT2D eigenvalue weighted by Gasteiger charge is -2.29.